The monoisotopic (exact) mass is 754 g/mol. The molecule has 0 unspecified atom stereocenters. The van der Waals surface area contributed by atoms with E-state index in [9.17, 15) is 24.0 Å². The molecule has 0 radical (unpaired) electrons. The molecule has 14 nitrogen and oxygen atoms in total. The van der Waals surface area contributed by atoms with Gasteiger partial charge in [-0.25, -0.2) is 0 Å². The van der Waals surface area contributed by atoms with Crippen LogP contribution in [0.4, 0.5) is 11.4 Å². The second kappa shape index (κ2) is 21.7. The first-order chi connectivity index (χ1) is 23.9. The van der Waals surface area contributed by atoms with Crippen LogP contribution in [0.3, 0.4) is 0 Å². The second-order valence-corrected chi connectivity index (χ2v) is 10.7. The Morgan fingerprint density at radius 1 is 0.500 bits per heavy atom. The molecule has 50 heavy (non-hydrogen) atoms. The van der Waals surface area contributed by atoms with Crippen LogP contribution < -0.4 is 20.1 Å². The SMILES string of the molecule is O=C(Nc1ccc(O)cc1)c1ccc(O)cc1.O=C(O)CCBr.O=C(O)CCOc1ccc(NC(=O)c2ccc(OCCC(=O)O)cc2)cc1. The lowest BCUT2D eigenvalue weighted by atomic mass is 10.2. The van der Waals surface area contributed by atoms with Crippen LogP contribution in [0.25, 0.3) is 0 Å². The van der Waals surface area contributed by atoms with Crippen molar-refractivity contribution in [3.8, 4) is 23.0 Å². The zero-order valence-electron chi connectivity index (χ0n) is 26.5. The summed E-state index contributed by atoms with van der Waals surface area (Å²) in [5.74, 6) is -1.96. The van der Waals surface area contributed by atoms with E-state index in [1.54, 1.807) is 60.7 Å². The fourth-order valence-corrected chi connectivity index (χ4v) is 3.83. The Balaban J connectivity index is 0.000000319. The van der Waals surface area contributed by atoms with Crippen molar-refractivity contribution in [2.45, 2.75) is 19.3 Å². The summed E-state index contributed by atoms with van der Waals surface area (Å²) >= 11 is 2.97. The average molecular weight is 756 g/mol. The van der Waals surface area contributed by atoms with E-state index in [0.717, 1.165) is 0 Å². The van der Waals surface area contributed by atoms with E-state index in [4.69, 9.17) is 35.0 Å². The first kappa shape index (κ1) is 40.1. The standard InChI is InChI=1S/C19H19NO7.C13H11NO3.C3H5BrO2/c21-17(22)9-11-26-15-5-1-13(2-6-15)19(25)20-14-3-7-16(8-4-14)27-12-10-18(23)24;15-11-5-1-9(2-6-11)13(17)14-10-3-7-12(16)8-4-10;4-2-1-3(5)6/h1-8H,9-12H2,(H,20,25)(H,21,22)(H,23,24);1-8,15-16H,(H,14,17);1-2H2,(H,5,6). The normalized spacial score (nSPS) is 9.78. The fourth-order valence-electron chi connectivity index (χ4n) is 3.49. The number of carbonyl (C=O) groups is 5. The number of phenols is 2. The Morgan fingerprint density at radius 3 is 1.16 bits per heavy atom. The Hall–Kier alpha value is -6.09. The van der Waals surface area contributed by atoms with Crippen molar-refractivity contribution in [2.24, 2.45) is 0 Å². The molecule has 0 aliphatic heterocycles. The predicted molar refractivity (Wildman–Crippen MR) is 187 cm³/mol. The van der Waals surface area contributed by atoms with Crippen LogP contribution >= 0.6 is 15.9 Å². The van der Waals surface area contributed by atoms with Crippen molar-refractivity contribution in [2.75, 3.05) is 29.2 Å². The van der Waals surface area contributed by atoms with Crippen molar-refractivity contribution < 1.29 is 59.0 Å². The maximum Gasteiger partial charge on any atom is 0.306 e. The molecule has 0 aromatic heterocycles. The zero-order valence-corrected chi connectivity index (χ0v) is 28.0. The van der Waals surface area contributed by atoms with Gasteiger partial charge in [0.25, 0.3) is 11.8 Å². The van der Waals surface area contributed by atoms with Gasteiger partial charge in [-0.1, -0.05) is 15.9 Å². The van der Waals surface area contributed by atoms with Gasteiger partial charge in [-0.05, 0) is 97.1 Å². The van der Waals surface area contributed by atoms with Gasteiger partial charge in [0.2, 0.25) is 0 Å². The number of alkyl halides is 1. The van der Waals surface area contributed by atoms with Crippen molar-refractivity contribution in [1.82, 2.24) is 0 Å². The summed E-state index contributed by atoms with van der Waals surface area (Å²) in [6.07, 6.45) is 0.0206. The molecule has 2 amide bonds. The number of hydrogen-bond acceptors (Lipinski definition) is 9. The van der Waals surface area contributed by atoms with Gasteiger partial charge in [0.1, 0.15) is 23.0 Å². The summed E-state index contributed by atoms with van der Waals surface area (Å²) in [5, 5.41) is 49.2. The van der Waals surface area contributed by atoms with Crippen LogP contribution in [0.1, 0.15) is 40.0 Å². The van der Waals surface area contributed by atoms with Gasteiger partial charge < -0.3 is 45.6 Å². The molecule has 0 heterocycles. The summed E-state index contributed by atoms with van der Waals surface area (Å²) in [5.41, 5.74) is 2.03. The number of rotatable bonds is 14. The number of carboxylic acid groups (broad SMARTS) is 3. The van der Waals surface area contributed by atoms with Crippen molar-refractivity contribution in [1.29, 1.82) is 0 Å². The number of aromatic hydroxyl groups is 2. The molecule has 0 aliphatic rings. The highest BCUT2D eigenvalue weighted by atomic mass is 79.9. The van der Waals surface area contributed by atoms with Gasteiger partial charge >= 0.3 is 17.9 Å². The third kappa shape index (κ3) is 16.6. The largest absolute Gasteiger partial charge is 0.508 e. The molecule has 0 spiro atoms. The van der Waals surface area contributed by atoms with Crippen molar-refractivity contribution >= 4 is 57.0 Å². The average Bonchev–Trinajstić information content (AvgIpc) is 3.07. The molecule has 4 aromatic carbocycles. The van der Waals surface area contributed by atoms with Gasteiger partial charge in [-0.3, -0.25) is 24.0 Å². The minimum atomic E-state index is -0.940. The zero-order chi connectivity index (χ0) is 36.9. The molecule has 15 heteroatoms. The number of carbonyl (C=O) groups excluding carboxylic acids is 2. The topological polar surface area (TPSA) is 229 Å². The van der Waals surface area contributed by atoms with Crippen molar-refractivity contribution in [3.05, 3.63) is 108 Å². The smallest absolute Gasteiger partial charge is 0.306 e. The van der Waals surface area contributed by atoms with Gasteiger partial charge in [-0.2, -0.15) is 0 Å². The van der Waals surface area contributed by atoms with Gasteiger partial charge in [-0.15, -0.1) is 0 Å². The lowest BCUT2D eigenvalue weighted by molar-refractivity contribution is -0.138. The number of anilines is 2. The van der Waals surface area contributed by atoms with Crippen LogP contribution in [0.2, 0.25) is 0 Å². The van der Waals surface area contributed by atoms with E-state index in [-0.39, 0.29) is 55.8 Å². The van der Waals surface area contributed by atoms with E-state index >= 15 is 0 Å². The number of carboxylic acids is 3. The van der Waals surface area contributed by atoms with E-state index in [0.29, 0.717) is 39.3 Å². The van der Waals surface area contributed by atoms with Crippen LogP contribution in [0, 0.1) is 0 Å². The predicted octanol–water partition coefficient (Wildman–Crippen LogP) is 5.85. The third-order valence-electron chi connectivity index (χ3n) is 5.96. The first-order valence-corrected chi connectivity index (χ1v) is 15.9. The Labute approximate surface area is 295 Å². The summed E-state index contributed by atoms with van der Waals surface area (Å²) in [6.45, 7) is 0.129. The van der Waals surface area contributed by atoms with E-state index in [1.165, 1.54) is 36.4 Å². The number of amides is 2. The Bertz CT molecular complexity index is 1680. The Morgan fingerprint density at radius 2 is 0.820 bits per heavy atom. The third-order valence-corrected chi connectivity index (χ3v) is 6.36. The highest BCUT2D eigenvalue weighted by Gasteiger charge is 2.08. The maximum absolute atomic E-state index is 12.2. The fraction of sp³-hybridized carbons (Fsp3) is 0.171. The van der Waals surface area contributed by atoms with E-state index < -0.39 is 17.9 Å². The minimum absolute atomic E-state index is 0.0573. The molecule has 4 aromatic rings. The number of phenolic OH excluding ortho intramolecular Hbond substituents is 2. The van der Waals surface area contributed by atoms with Crippen LogP contribution in [0.15, 0.2) is 97.1 Å². The molecule has 0 aliphatic carbocycles. The van der Waals surface area contributed by atoms with Crippen LogP contribution in [0.5, 0.6) is 23.0 Å². The molecule has 0 saturated carbocycles. The first-order valence-electron chi connectivity index (χ1n) is 14.7. The molecular weight excluding hydrogens is 720 g/mol. The highest BCUT2D eigenvalue weighted by Crippen LogP contribution is 2.19. The van der Waals surface area contributed by atoms with Gasteiger partial charge in [0, 0.05) is 27.8 Å². The maximum atomic E-state index is 12.2. The minimum Gasteiger partial charge on any atom is -0.508 e. The molecule has 264 valence electrons. The summed E-state index contributed by atoms with van der Waals surface area (Å²) in [4.78, 5) is 54.4. The number of hydrogen-bond donors (Lipinski definition) is 7. The lowest BCUT2D eigenvalue weighted by Crippen LogP contribution is -2.12. The van der Waals surface area contributed by atoms with Gasteiger partial charge in [0.15, 0.2) is 0 Å². The summed E-state index contributed by atoms with van der Waals surface area (Å²) in [7, 11) is 0. The number of benzene rings is 4. The van der Waals surface area contributed by atoms with Crippen molar-refractivity contribution in [3.63, 3.8) is 0 Å². The molecule has 0 bridgehead atoms. The number of halogens is 1. The Kier molecular flexibility index (Phi) is 17.4. The molecular formula is C35H35BrN2O12. The molecule has 0 fully saturated rings. The molecule has 0 saturated heterocycles. The lowest BCUT2D eigenvalue weighted by Gasteiger charge is -2.09. The van der Waals surface area contributed by atoms with E-state index in [2.05, 4.69) is 26.6 Å². The van der Waals surface area contributed by atoms with Crippen LogP contribution in [-0.4, -0.2) is 73.8 Å². The molecule has 7 N–H and O–H groups in total. The highest BCUT2D eigenvalue weighted by molar-refractivity contribution is 9.09. The van der Waals surface area contributed by atoms with Gasteiger partial charge in [0.05, 0.1) is 32.5 Å². The summed E-state index contributed by atoms with van der Waals surface area (Å²) in [6, 6.07) is 25.1. The molecule has 4 rings (SSSR count). The second-order valence-electron chi connectivity index (χ2n) is 9.87. The molecule has 0 atom stereocenters. The van der Waals surface area contributed by atoms with Crippen LogP contribution in [-0.2, 0) is 14.4 Å². The number of aliphatic carboxylic acids is 3. The summed E-state index contributed by atoms with van der Waals surface area (Å²) < 4.78 is 10.5. The number of ether oxygens (including phenoxy) is 2. The quantitative estimate of drug-likeness (QED) is 0.0594. The van der Waals surface area contributed by atoms with E-state index in [1.807, 2.05) is 0 Å². The number of nitrogens with one attached hydrogen (secondary N) is 2.